The van der Waals surface area contributed by atoms with Gasteiger partial charge in [0.1, 0.15) is 5.75 Å². The van der Waals surface area contributed by atoms with Gasteiger partial charge in [-0.3, -0.25) is 4.98 Å². The van der Waals surface area contributed by atoms with Crippen LogP contribution >= 0.6 is 9.24 Å². The van der Waals surface area contributed by atoms with Crippen molar-refractivity contribution >= 4 is 14.5 Å². The number of pyridine rings is 1. The van der Waals surface area contributed by atoms with E-state index in [1.165, 1.54) is 0 Å². The number of hydrogen-bond acceptors (Lipinski definition) is 2. The van der Waals surface area contributed by atoms with Gasteiger partial charge < -0.3 is 4.74 Å². The van der Waals surface area contributed by atoms with Crippen LogP contribution in [-0.4, -0.2) is 12.1 Å². The number of aromatic nitrogens is 1. The molecule has 2 nitrogen and oxygen atoms in total. The van der Waals surface area contributed by atoms with Gasteiger partial charge in [0, 0.05) is 11.8 Å². The van der Waals surface area contributed by atoms with E-state index in [-0.39, 0.29) is 0 Å². The van der Waals surface area contributed by atoms with Crippen LogP contribution in [0.25, 0.3) is 11.3 Å². The summed E-state index contributed by atoms with van der Waals surface area (Å²) in [6, 6.07) is 11.8. The second-order valence-electron chi connectivity index (χ2n) is 3.17. The third-order valence-corrected chi connectivity index (χ3v) is 2.67. The summed E-state index contributed by atoms with van der Waals surface area (Å²) in [5.41, 5.74) is 2.09. The number of hydrogen-bond donors (Lipinski definition) is 0. The third kappa shape index (κ3) is 2.16. The number of benzene rings is 1. The molecule has 0 N–H and O–H groups in total. The van der Waals surface area contributed by atoms with Crippen molar-refractivity contribution in [3.63, 3.8) is 0 Å². The van der Waals surface area contributed by atoms with Gasteiger partial charge in [0.2, 0.25) is 0 Å². The molecule has 76 valence electrons. The van der Waals surface area contributed by atoms with Crippen LogP contribution in [0.4, 0.5) is 0 Å². The molecule has 0 saturated carbocycles. The van der Waals surface area contributed by atoms with Crippen molar-refractivity contribution in [3.05, 3.63) is 42.6 Å². The van der Waals surface area contributed by atoms with Crippen LogP contribution in [0.15, 0.2) is 42.6 Å². The molecule has 0 spiro atoms. The molecule has 1 atom stereocenters. The van der Waals surface area contributed by atoms with Crippen molar-refractivity contribution < 1.29 is 4.74 Å². The number of rotatable bonds is 2. The Morgan fingerprint density at radius 1 is 1.13 bits per heavy atom. The largest absolute Gasteiger partial charge is 0.497 e. The molecule has 0 aliphatic carbocycles. The van der Waals surface area contributed by atoms with Crippen LogP contribution in [0.3, 0.4) is 0 Å². The molecule has 1 unspecified atom stereocenters. The Morgan fingerprint density at radius 2 is 1.87 bits per heavy atom. The first kappa shape index (κ1) is 10.1. The number of methoxy groups -OCH3 is 1. The van der Waals surface area contributed by atoms with Gasteiger partial charge in [-0.05, 0) is 35.6 Å². The highest BCUT2D eigenvalue weighted by molar-refractivity contribution is 7.27. The molecule has 2 rings (SSSR count). The maximum absolute atomic E-state index is 5.11. The van der Waals surface area contributed by atoms with Crippen molar-refractivity contribution in [2.45, 2.75) is 0 Å². The maximum Gasteiger partial charge on any atom is 0.118 e. The molecule has 3 heteroatoms. The lowest BCUT2D eigenvalue weighted by atomic mass is 10.1. The Morgan fingerprint density at radius 3 is 2.47 bits per heavy atom. The monoisotopic (exact) mass is 217 g/mol. The van der Waals surface area contributed by atoms with E-state index in [0.29, 0.717) is 0 Å². The lowest BCUT2D eigenvalue weighted by Crippen LogP contribution is -1.98. The van der Waals surface area contributed by atoms with E-state index in [1.54, 1.807) is 13.3 Å². The standard InChI is InChI=1S/C12H12NOP/c1-14-10-6-4-9(5-7-10)12-11(15)3-2-8-13-12/h2-8H,15H2,1H3. The fourth-order valence-corrected chi connectivity index (χ4v) is 1.76. The molecule has 0 aliphatic heterocycles. The molecule has 1 aromatic heterocycles. The molecule has 2 aromatic rings. The van der Waals surface area contributed by atoms with Gasteiger partial charge in [0.05, 0.1) is 12.8 Å². The first-order chi connectivity index (χ1) is 7.31. The van der Waals surface area contributed by atoms with Crippen molar-refractivity contribution in [1.29, 1.82) is 0 Å². The second kappa shape index (κ2) is 4.41. The van der Waals surface area contributed by atoms with E-state index in [0.717, 1.165) is 22.3 Å². The number of ether oxygens (including phenoxy) is 1. The van der Waals surface area contributed by atoms with Gasteiger partial charge in [-0.25, -0.2) is 0 Å². The summed E-state index contributed by atoms with van der Waals surface area (Å²) < 4.78 is 5.11. The topological polar surface area (TPSA) is 22.1 Å². The normalized spacial score (nSPS) is 10.0. The predicted octanol–water partition coefficient (Wildman–Crippen LogP) is 2.26. The molecule has 1 aromatic carbocycles. The highest BCUT2D eigenvalue weighted by atomic mass is 31.0. The van der Waals surface area contributed by atoms with Gasteiger partial charge in [-0.15, -0.1) is 9.24 Å². The summed E-state index contributed by atoms with van der Waals surface area (Å²) in [5.74, 6) is 0.861. The summed E-state index contributed by atoms with van der Waals surface area (Å²) in [7, 11) is 4.35. The average molecular weight is 217 g/mol. The van der Waals surface area contributed by atoms with Crippen LogP contribution in [-0.2, 0) is 0 Å². The maximum atomic E-state index is 5.11. The Balaban J connectivity index is 2.42. The molecule has 0 aliphatic rings. The summed E-state index contributed by atoms with van der Waals surface area (Å²) in [4.78, 5) is 4.34. The van der Waals surface area contributed by atoms with Crippen molar-refractivity contribution in [2.24, 2.45) is 0 Å². The van der Waals surface area contributed by atoms with Crippen LogP contribution < -0.4 is 10.0 Å². The molecular formula is C12H12NOP. The van der Waals surface area contributed by atoms with Gasteiger partial charge >= 0.3 is 0 Å². The Hall–Kier alpha value is -1.40. The minimum Gasteiger partial charge on any atom is -0.497 e. The predicted molar refractivity (Wildman–Crippen MR) is 65.6 cm³/mol. The highest BCUT2D eigenvalue weighted by Gasteiger charge is 2.02. The van der Waals surface area contributed by atoms with E-state index >= 15 is 0 Å². The molecule has 0 bridgehead atoms. The lowest BCUT2D eigenvalue weighted by molar-refractivity contribution is 0.415. The first-order valence-electron chi connectivity index (χ1n) is 4.66. The minimum atomic E-state index is 0.861. The molecule has 0 saturated heterocycles. The van der Waals surface area contributed by atoms with E-state index in [4.69, 9.17) is 4.74 Å². The Bertz CT molecular complexity index is 453. The zero-order valence-corrected chi connectivity index (χ0v) is 9.63. The molecule has 1 heterocycles. The van der Waals surface area contributed by atoms with Crippen LogP contribution in [0.5, 0.6) is 5.75 Å². The summed E-state index contributed by atoms with van der Waals surface area (Å²) in [5, 5.41) is 1.10. The van der Waals surface area contributed by atoms with E-state index in [2.05, 4.69) is 14.2 Å². The van der Waals surface area contributed by atoms with E-state index in [9.17, 15) is 0 Å². The Labute approximate surface area is 91.5 Å². The van der Waals surface area contributed by atoms with E-state index in [1.807, 2.05) is 36.4 Å². The third-order valence-electron chi connectivity index (χ3n) is 2.20. The molecule has 0 radical (unpaired) electrons. The average Bonchev–Trinajstić information content (AvgIpc) is 2.30. The van der Waals surface area contributed by atoms with Crippen molar-refractivity contribution in [3.8, 4) is 17.0 Å². The smallest absolute Gasteiger partial charge is 0.118 e. The van der Waals surface area contributed by atoms with E-state index < -0.39 is 0 Å². The van der Waals surface area contributed by atoms with Gasteiger partial charge in [0.25, 0.3) is 0 Å². The second-order valence-corrected chi connectivity index (χ2v) is 3.79. The van der Waals surface area contributed by atoms with Crippen molar-refractivity contribution in [2.75, 3.05) is 7.11 Å². The summed E-state index contributed by atoms with van der Waals surface area (Å²) >= 11 is 0. The fourth-order valence-electron chi connectivity index (χ4n) is 1.41. The highest BCUT2D eigenvalue weighted by Crippen LogP contribution is 2.19. The fraction of sp³-hybridized carbons (Fsp3) is 0.0833. The van der Waals surface area contributed by atoms with Gasteiger partial charge in [-0.1, -0.05) is 6.07 Å². The summed E-state index contributed by atoms with van der Waals surface area (Å²) in [6.45, 7) is 0. The van der Waals surface area contributed by atoms with Crippen molar-refractivity contribution in [1.82, 2.24) is 4.98 Å². The number of nitrogens with zero attached hydrogens (tertiary/aromatic N) is 1. The van der Waals surface area contributed by atoms with Gasteiger partial charge in [0.15, 0.2) is 0 Å². The molecule has 15 heavy (non-hydrogen) atoms. The SMILES string of the molecule is COc1ccc(-c2ncccc2P)cc1. The van der Waals surface area contributed by atoms with Crippen LogP contribution in [0, 0.1) is 0 Å². The molecular weight excluding hydrogens is 205 g/mol. The molecule has 0 fully saturated rings. The zero-order valence-electron chi connectivity index (χ0n) is 8.47. The molecule has 0 amide bonds. The quantitative estimate of drug-likeness (QED) is 0.720. The minimum absolute atomic E-state index is 0.861. The van der Waals surface area contributed by atoms with Gasteiger partial charge in [-0.2, -0.15) is 0 Å². The summed E-state index contributed by atoms with van der Waals surface area (Å²) in [6.07, 6.45) is 1.80. The Kier molecular flexibility index (Phi) is 2.98. The first-order valence-corrected chi connectivity index (χ1v) is 5.24. The van der Waals surface area contributed by atoms with Crippen LogP contribution in [0.1, 0.15) is 0 Å². The lowest BCUT2D eigenvalue weighted by Gasteiger charge is -2.05. The zero-order chi connectivity index (χ0) is 10.7. The van der Waals surface area contributed by atoms with Crippen LogP contribution in [0.2, 0.25) is 0 Å².